The monoisotopic (exact) mass is 516 g/mol. The Morgan fingerprint density at radius 2 is 1.66 bits per heavy atom. The summed E-state index contributed by atoms with van der Waals surface area (Å²) in [7, 11) is 0. The largest absolute Gasteiger partial charge is 0.396 e. The van der Waals surface area contributed by atoms with E-state index in [1.807, 2.05) is 0 Å². The van der Waals surface area contributed by atoms with Gasteiger partial charge < -0.3 is 15.7 Å². The zero-order valence-electron chi connectivity index (χ0n) is 18.5. The van der Waals surface area contributed by atoms with Gasteiger partial charge in [-0.25, -0.2) is 4.99 Å². The van der Waals surface area contributed by atoms with Crippen LogP contribution in [0.2, 0.25) is 0 Å². The van der Waals surface area contributed by atoms with Crippen LogP contribution in [0.5, 0.6) is 0 Å². The molecule has 6 heteroatoms. The number of rotatable bonds is 11. The Morgan fingerprint density at radius 1 is 1.03 bits per heavy atom. The van der Waals surface area contributed by atoms with E-state index in [9.17, 15) is 5.11 Å². The van der Waals surface area contributed by atoms with Crippen LogP contribution in [0.4, 0.5) is 0 Å². The summed E-state index contributed by atoms with van der Waals surface area (Å²) in [6.45, 7) is 12.6. The lowest BCUT2D eigenvalue weighted by molar-refractivity contribution is 0.169. The van der Waals surface area contributed by atoms with E-state index in [-0.39, 0.29) is 36.0 Å². The van der Waals surface area contributed by atoms with E-state index in [0.717, 1.165) is 44.9 Å². The number of aliphatic hydroxyl groups is 1. The molecule has 0 unspecified atom stereocenters. The molecule has 0 bridgehead atoms. The predicted molar refractivity (Wildman–Crippen MR) is 134 cm³/mol. The second kappa shape index (κ2) is 14.2. The molecule has 3 N–H and O–H groups in total. The van der Waals surface area contributed by atoms with Crippen LogP contribution in [0, 0.1) is 5.41 Å². The highest BCUT2D eigenvalue weighted by Gasteiger charge is 2.25. The van der Waals surface area contributed by atoms with Crippen molar-refractivity contribution in [1.82, 2.24) is 15.5 Å². The molecule has 1 aromatic carbocycles. The van der Waals surface area contributed by atoms with E-state index in [1.165, 1.54) is 37.1 Å². The van der Waals surface area contributed by atoms with E-state index in [2.05, 4.69) is 60.6 Å². The lowest BCUT2D eigenvalue weighted by atomic mass is 9.79. The minimum atomic E-state index is 0. The van der Waals surface area contributed by atoms with Gasteiger partial charge in [-0.1, -0.05) is 38.1 Å². The number of hydrogen-bond acceptors (Lipinski definition) is 3. The summed E-state index contributed by atoms with van der Waals surface area (Å²) >= 11 is 0. The predicted octanol–water partition coefficient (Wildman–Crippen LogP) is 4.14. The van der Waals surface area contributed by atoms with Crippen molar-refractivity contribution in [1.29, 1.82) is 0 Å². The maximum absolute atomic E-state index is 9.42. The first-order valence-electron chi connectivity index (χ1n) is 11.1. The van der Waals surface area contributed by atoms with E-state index in [0.29, 0.717) is 6.54 Å². The third-order valence-corrected chi connectivity index (χ3v) is 6.16. The van der Waals surface area contributed by atoms with Crippen molar-refractivity contribution >= 4 is 29.9 Å². The first-order valence-corrected chi connectivity index (χ1v) is 11.1. The van der Waals surface area contributed by atoms with Crippen LogP contribution in [0.15, 0.2) is 29.3 Å². The van der Waals surface area contributed by atoms with Gasteiger partial charge in [0, 0.05) is 26.2 Å². The van der Waals surface area contributed by atoms with E-state index >= 15 is 0 Å². The van der Waals surface area contributed by atoms with Crippen molar-refractivity contribution in [3.63, 3.8) is 0 Å². The van der Waals surface area contributed by atoms with Gasteiger partial charge in [0.2, 0.25) is 0 Å². The van der Waals surface area contributed by atoms with Crippen LogP contribution >= 0.6 is 24.0 Å². The van der Waals surface area contributed by atoms with Crippen LogP contribution < -0.4 is 10.6 Å². The summed E-state index contributed by atoms with van der Waals surface area (Å²) in [5.41, 5.74) is 2.75. The van der Waals surface area contributed by atoms with Gasteiger partial charge in [-0.15, -0.1) is 24.0 Å². The van der Waals surface area contributed by atoms with Crippen LogP contribution in [0.1, 0.15) is 64.0 Å². The molecular weight excluding hydrogens is 475 g/mol. The van der Waals surface area contributed by atoms with Crippen molar-refractivity contribution in [2.24, 2.45) is 10.4 Å². The molecule has 0 aliphatic carbocycles. The Kier molecular flexibility index (Phi) is 12.8. The van der Waals surface area contributed by atoms with Gasteiger partial charge in [-0.05, 0) is 68.7 Å². The Labute approximate surface area is 194 Å². The molecule has 29 heavy (non-hydrogen) atoms. The SMILES string of the molecule is CCNC(=NCc1ccc(CN2CCCC2)cc1)NCC(CC)(CC)CCO.I. The zero-order valence-corrected chi connectivity index (χ0v) is 20.9. The number of aliphatic hydroxyl groups excluding tert-OH is 1. The molecule has 1 saturated heterocycles. The number of benzene rings is 1. The van der Waals surface area contributed by atoms with Crippen molar-refractivity contribution < 1.29 is 5.11 Å². The van der Waals surface area contributed by atoms with Crippen LogP contribution in [0.25, 0.3) is 0 Å². The Bertz CT molecular complexity index is 581. The normalized spacial score (nSPS) is 15.2. The number of likely N-dealkylation sites (tertiary alicyclic amines) is 1. The molecule has 2 rings (SSSR count). The zero-order chi connectivity index (χ0) is 20.2. The fraction of sp³-hybridized carbons (Fsp3) is 0.696. The van der Waals surface area contributed by atoms with Gasteiger partial charge in [0.25, 0.3) is 0 Å². The van der Waals surface area contributed by atoms with Crippen LogP contribution in [-0.4, -0.2) is 48.8 Å². The second-order valence-electron chi connectivity index (χ2n) is 8.03. The molecule has 0 saturated carbocycles. The summed E-state index contributed by atoms with van der Waals surface area (Å²) in [5, 5.41) is 16.3. The highest BCUT2D eigenvalue weighted by Crippen LogP contribution is 2.29. The van der Waals surface area contributed by atoms with Gasteiger partial charge >= 0.3 is 0 Å². The molecule has 166 valence electrons. The van der Waals surface area contributed by atoms with Crippen molar-refractivity contribution in [3.05, 3.63) is 35.4 Å². The minimum Gasteiger partial charge on any atom is -0.396 e. The second-order valence-corrected chi connectivity index (χ2v) is 8.03. The molecule has 1 aliphatic rings. The Hall–Kier alpha value is -0.860. The van der Waals surface area contributed by atoms with Crippen LogP contribution in [-0.2, 0) is 13.1 Å². The average Bonchev–Trinajstić information content (AvgIpc) is 3.23. The molecule has 0 radical (unpaired) electrons. The molecule has 1 fully saturated rings. The summed E-state index contributed by atoms with van der Waals surface area (Å²) in [4.78, 5) is 7.30. The summed E-state index contributed by atoms with van der Waals surface area (Å²) in [6, 6.07) is 8.88. The van der Waals surface area contributed by atoms with Gasteiger partial charge in [-0.2, -0.15) is 0 Å². The number of nitrogens with one attached hydrogen (secondary N) is 2. The first kappa shape index (κ1) is 26.2. The molecule has 5 nitrogen and oxygen atoms in total. The van der Waals surface area contributed by atoms with Crippen molar-refractivity contribution in [2.75, 3.05) is 32.8 Å². The fourth-order valence-electron chi connectivity index (χ4n) is 3.91. The molecule has 1 heterocycles. The van der Waals surface area contributed by atoms with E-state index in [1.54, 1.807) is 0 Å². The van der Waals surface area contributed by atoms with Crippen molar-refractivity contribution in [3.8, 4) is 0 Å². The molecule has 1 aliphatic heterocycles. The third-order valence-electron chi connectivity index (χ3n) is 6.16. The smallest absolute Gasteiger partial charge is 0.191 e. The summed E-state index contributed by atoms with van der Waals surface area (Å²) in [6.07, 6.45) is 5.60. The number of hydrogen-bond donors (Lipinski definition) is 3. The number of halogens is 1. The van der Waals surface area contributed by atoms with Crippen LogP contribution in [0.3, 0.4) is 0 Å². The lowest BCUT2D eigenvalue weighted by Crippen LogP contribution is -2.43. The average molecular weight is 517 g/mol. The maximum atomic E-state index is 9.42. The Balaban J connectivity index is 0.00000420. The summed E-state index contributed by atoms with van der Waals surface area (Å²) < 4.78 is 0. The van der Waals surface area contributed by atoms with Gasteiger partial charge in [0.1, 0.15) is 0 Å². The van der Waals surface area contributed by atoms with E-state index < -0.39 is 0 Å². The molecule has 0 aromatic heterocycles. The quantitative estimate of drug-likeness (QED) is 0.235. The highest BCUT2D eigenvalue weighted by atomic mass is 127. The number of aliphatic imine (C=N–C) groups is 1. The molecule has 0 atom stereocenters. The number of nitrogens with zero attached hydrogens (tertiary/aromatic N) is 2. The molecule has 0 amide bonds. The lowest BCUT2D eigenvalue weighted by Gasteiger charge is -2.32. The van der Waals surface area contributed by atoms with Gasteiger partial charge in [0.05, 0.1) is 6.54 Å². The van der Waals surface area contributed by atoms with Crippen molar-refractivity contribution in [2.45, 2.75) is 66.0 Å². The van der Waals surface area contributed by atoms with E-state index in [4.69, 9.17) is 4.99 Å². The maximum Gasteiger partial charge on any atom is 0.191 e. The molecular formula is C23H41IN4O. The standard InChI is InChI=1S/C23H40N4O.HI/c1-4-23(5-2,13-16-28)19-26-22(24-6-3)25-17-20-9-11-21(12-10-20)18-27-14-7-8-15-27;/h9-12,28H,4-8,13-19H2,1-3H3,(H2,24,25,26);1H. The topological polar surface area (TPSA) is 59.9 Å². The third kappa shape index (κ3) is 8.80. The molecule has 0 spiro atoms. The fourth-order valence-corrected chi connectivity index (χ4v) is 3.91. The Morgan fingerprint density at radius 3 is 2.21 bits per heavy atom. The van der Waals surface area contributed by atoms with Gasteiger partial charge in [-0.3, -0.25) is 4.90 Å². The minimum absolute atomic E-state index is 0. The number of guanidine groups is 1. The van der Waals surface area contributed by atoms with Gasteiger partial charge in [0.15, 0.2) is 5.96 Å². The highest BCUT2D eigenvalue weighted by molar-refractivity contribution is 14.0. The summed E-state index contributed by atoms with van der Waals surface area (Å²) in [5.74, 6) is 0.854. The first-order chi connectivity index (χ1) is 13.6. The molecule has 1 aromatic rings.